The quantitative estimate of drug-likeness (QED) is 0.807. The molecule has 0 aliphatic carbocycles. The van der Waals surface area contributed by atoms with Gasteiger partial charge in [0.15, 0.2) is 5.82 Å². The molecule has 0 fully saturated rings. The molecule has 0 aliphatic heterocycles. The zero-order chi connectivity index (χ0) is 13.8. The molecule has 0 atom stereocenters. The van der Waals surface area contributed by atoms with Gasteiger partial charge in [-0.25, -0.2) is 0 Å². The fourth-order valence-corrected chi connectivity index (χ4v) is 1.59. The molecule has 0 unspecified atom stereocenters. The van der Waals surface area contributed by atoms with Crippen molar-refractivity contribution in [1.82, 2.24) is 15.5 Å². The number of carbonyl (C=O) groups is 1. The van der Waals surface area contributed by atoms with Crippen molar-refractivity contribution in [3.05, 3.63) is 47.1 Å². The third-order valence-electron chi connectivity index (χ3n) is 2.40. The molecule has 0 spiro atoms. The van der Waals surface area contributed by atoms with Gasteiger partial charge in [-0.15, -0.1) is 0 Å². The molecule has 0 radical (unpaired) electrons. The van der Waals surface area contributed by atoms with Gasteiger partial charge in [-0.05, 0) is 19.1 Å². The number of carbonyl (C=O) groups excluding carboxylic acids is 1. The van der Waals surface area contributed by atoms with Gasteiger partial charge in [-0.3, -0.25) is 4.79 Å². The summed E-state index contributed by atoms with van der Waals surface area (Å²) in [5.41, 5.74) is 6.71. The summed E-state index contributed by atoms with van der Waals surface area (Å²) in [4.78, 5) is 16.1. The van der Waals surface area contributed by atoms with E-state index in [9.17, 15) is 4.79 Å². The largest absolute Gasteiger partial charge is 0.389 e. The predicted octanol–water partition coefficient (Wildman–Crippen LogP) is 0.942. The molecule has 0 saturated carbocycles. The van der Waals surface area contributed by atoms with Gasteiger partial charge in [0.05, 0.1) is 6.54 Å². The monoisotopic (exact) mass is 276 g/mol. The highest BCUT2D eigenvalue weighted by atomic mass is 32.1. The summed E-state index contributed by atoms with van der Waals surface area (Å²) in [6.07, 6.45) is 0. The minimum atomic E-state index is -0.231. The molecule has 19 heavy (non-hydrogen) atoms. The van der Waals surface area contributed by atoms with Crippen LogP contribution < -0.4 is 11.1 Å². The predicted molar refractivity (Wildman–Crippen MR) is 72.5 cm³/mol. The number of rotatable bonds is 4. The molecule has 0 aliphatic rings. The van der Waals surface area contributed by atoms with Crippen LogP contribution in [-0.4, -0.2) is 21.0 Å². The summed E-state index contributed by atoms with van der Waals surface area (Å²) >= 11 is 4.84. The van der Waals surface area contributed by atoms with Crippen molar-refractivity contribution in [3.63, 3.8) is 0 Å². The van der Waals surface area contributed by atoms with E-state index in [4.69, 9.17) is 22.5 Å². The molecule has 0 saturated heterocycles. The number of hydrogen-bond acceptors (Lipinski definition) is 5. The number of aromatic nitrogens is 2. The summed E-state index contributed by atoms with van der Waals surface area (Å²) < 4.78 is 4.89. The first kappa shape index (κ1) is 13.2. The Morgan fingerprint density at radius 2 is 2.00 bits per heavy atom. The maximum atomic E-state index is 11.8. The van der Waals surface area contributed by atoms with Crippen LogP contribution in [0.1, 0.15) is 27.6 Å². The van der Waals surface area contributed by atoms with Gasteiger partial charge in [-0.1, -0.05) is 29.5 Å². The lowest BCUT2D eigenvalue weighted by molar-refractivity contribution is 0.0946. The molecule has 7 heteroatoms. The first-order valence-corrected chi connectivity index (χ1v) is 5.94. The minimum absolute atomic E-state index is 0.191. The molecule has 3 N–H and O–H groups in total. The standard InChI is InChI=1S/C12H12N4O2S/c1-7-15-10(18-16-7)6-14-12(17)9-4-2-8(3-5-9)11(13)19/h2-5H,6H2,1H3,(H2,13,19)(H,14,17). The Hall–Kier alpha value is -2.28. The van der Waals surface area contributed by atoms with Crippen LogP contribution in [0.2, 0.25) is 0 Å². The molecule has 1 aromatic carbocycles. The molecule has 1 heterocycles. The van der Waals surface area contributed by atoms with E-state index in [1.54, 1.807) is 31.2 Å². The minimum Gasteiger partial charge on any atom is -0.389 e. The molecule has 1 aromatic heterocycles. The van der Waals surface area contributed by atoms with Gasteiger partial charge in [0.1, 0.15) is 4.99 Å². The van der Waals surface area contributed by atoms with Gasteiger partial charge >= 0.3 is 0 Å². The maximum Gasteiger partial charge on any atom is 0.251 e. The van der Waals surface area contributed by atoms with Crippen LogP contribution in [-0.2, 0) is 6.54 Å². The van der Waals surface area contributed by atoms with E-state index in [0.717, 1.165) is 5.56 Å². The van der Waals surface area contributed by atoms with E-state index in [1.807, 2.05) is 0 Å². The number of nitrogens with two attached hydrogens (primary N) is 1. The highest BCUT2D eigenvalue weighted by Gasteiger charge is 2.08. The SMILES string of the molecule is Cc1noc(CNC(=O)c2ccc(C(N)=S)cc2)n1. The second kappa shape index (κ2) is 5.57. The van der Waals surface area contributed by atoms with Crippen molar-refractivity contribution < 1.29 is 9.32 Å². The molecular formula is C12H12N4O2S. The Labute approximate surface area is 115 Å². The number of thiocarbonyl (C=S) groups is 1. The Kier molecular flexibility index (Phi) is 3.86. The van der Waals surface area contributed by atoms with Crippen LogP contribution in [0.4, 0.5) is 0 Å². The molecule has 0 bridgehead atoms. The third kappa shape index (κ3) is 3.35. The third-order valence-corrected chi connectivity index (χ3v) is 2.64. The van der Waals surface area contributed by atoms with E-state index < -0.39 is 0 Å². The number of hydrogen-bond donors (Lipinski definition) is 2. The van der Waals surface area contributed by atoms with Gasteiger partial charge in [0.2, 0.25) is 5.89 Å². The van der Waals surface area contributed by atoms with Crippen molar-refractivity contribution in [2.45, 2.75) is 13.5 Å². The van der Waals surface area contributed by atoms with E-state index in [0.29, 0.717) is 22.3 Å². The van der Waals surface area contributed by atoms with Crippen LogP contribution in [0, 0.1) is 6.92 Å². The molecule has 98 valence electrons. The Morgan fingerprint density at radius 1 is 1.37 bits per heavy atom. The Balaban J connectivity index is 1.98. The van der Waals surface area contributed by atoms with Crippen LogP contribution in [0.5, 0.6) is 0 Å². The summed E-state index contributed by atoms with van der Waals surface area (Å²) in [5.74, 6) is 0.668. The highest BCUT2D eigenvalue weighted by molar-refractivity contribution is 7.80. The number of amides is 1. The normalized spacial score (nSPS) is 10.2. The molecular weight excluding hydrogens is 264 g/mol. The summed E-state index contributed by atoms with van der Waals surface area (Å²) in [7, 11) is 0. The number of benzene rings is 1. The number of aryl methyl sites for hydroxylation is 1. The van der Waals surface area contributed by atoms with Crippen molar-refractivity contribution >= 4 is 23.1 Å². The Morgan fingerprint density at radius 3 is 2.53 bits per heavy atom. The van der Waals surface area contributed by atoms with Crippen molar-refractivity contribution in [1.29, 1.82) is 0 Å². The lowest BCUT2D eigenvalue weighted by atomic mass is 10.1. The van der Waals surface area contributed by atoms with Gasteiger partial charge in [-0.2, -0.15) is 4.98 Å². The zero-order valence-electron chi connectivity index (χ0n) is 10.2. The van der Waals surface area contributed by atoms with Crippen LogP contribution >= 0.6 is 12.2 Å². The second-order valence-corrected chi connectivity index (χ2v) is 4.30. The molecule has 2 rings (SSSR count). The van der Waals surface area contributed by atoms with E-state index in [-0.39, 0.29) is 12.5 Å². The van der Waals surface area contributed by atoms with Gasteiger partial charge in [0, 0.05) is 11.1 Å². The fourth-order valence-electron chi connectivity index (χ4n) is 1.46. The van der Waals surface area contributed by atoms with Crippen LogP contribution in [0.15, 0.2) is 28.8 Å². The average molecular weight is 276 g/mol. The molecule has 6 nitrogen and oxygen atoms in total. The summed E-state index contributed by atoms with van der Waals surface area (Å²) in [6.45, 7) is 1.90. The van der Waals surface area contributed by atoms with E-state index in [1.165, 1.54) is 0 Å². The van der Waals surface area contributed by atoms with Gasteiger partial charge < -0.3 is 15.6 Å². The summed E-state index contributed by atoms with van der Waals surface area (Å²) in [5, 5.41) is 6.31. The Bertz CT molecular complexity index is 606. The lowest BCUT2D eigenvalue weighted by Crippen LogP contribution is -2.23. The first-order valence-electron chi connectivity index (χ1n) is 5.53. The van der Waals surface area contributed by atoms with Crippen LogP contribution in [0.3, 0.4) is 0 Å². The first-order chi connectivity index (χ1) is 9.06. The van der Waals surface area contributed by atoms with Crippen molar-refractivity contribution in [3.8, 4) is 0 Å². The van der Waals surface area contributed by atoms with Crippen molar-refractivity contribution in [2.75, 3.05) is 0 Å². The van der Waals surface area contributed by atoms with Crippen LogP contribution in [0.25, 0.3) is 0 Å². The summed E-state index contributed by atoms with van der Waals surface area (Å²) in [6, 6.07) is 6.72. The number of nitrogens with zero attached hydrogens (tertiary/aromatic N) is 2. The highest BCUT2D eigenvalue weighted by Crippen LogP contribution is 2.05. The fraction of sp³-hybridized carbons (Fsp3) is 0.167. The molecule has 1 amide bonds. The smallest absolute Gasteiger partial charge is 0.251 e. The lowest BCUT2D eigenvalue weighted by Gasteiger charge is -2.03. The van der Waals surface area contributed by atoms with Crippen molar-refractivity contribution in [2.24, 2.45) is 5.73 Å². The topological polar surface area (TPSA) is 94.0 Å². The van der Waals surface area contributed by atoms with E-state index >= 15 is 0 Å². The van der Waals surface area contributed by atoms with Gasteiger partial charge in [0.25, 0.3) is 5.91 Å². The van der Waals surface area contributed by atoms with E-state index in [2.05, 4.69) is 15.5 Å². The second-order valence-electron chi connectivity index (χ2n) is 3.86. The molecule has 2 aromatic rings. The maximum absolute atomic E-state index is 11.8. The average Bonchev–Trinajstić information content (AvgIpc) is 2.82. The zero-order valence-corrected chi connectivity index (χ0v) is 11.0. The number of nitrogens with one attached hydrogen (secondary N) is 1.